The van der Waals surface area contributed by atoms with E-state index < -0.39 is 0 Å². The number of piperazine rings is 1. The van der Waals surface area contributed by atoms with E-state index in [1.165, 1.54) is 0 Å². The average Bonchev–Trinajstić information content (AvgIpc) is 2.37. The van der Waals surface area contributed by atoms with Gasteiger partial charge in [-0.3, -0.25) is 9.59 Å². The summed E-state index contributed by atoms with van der Waals surface area (Å²) in [6, 6.07) is -0.262. The summed E-state index contributed by atoms with van der Waals surface area (Å²) in [4.78, 5) is 26.1. The highest BCUT2D eigenvalue weighted by atomic mass is 16.2. The third-order valence-electron chi connectivity index (χ3n) is 3.62. The van der Waals surface area contributed by atoms with Crippen LogP contribution in [0.3, 0.4) is 0 Å². The summed E-state index contributed by atoms with van der Waals surface area (Å²) in [5.41, 5.74) is 0. The quantitative estimate of drug-likeness (QED) is 0.787. The van der Waals surface area contributed by atoms with E-state index in [2.05, 4.69) is 19.2 Å². The molecule has 1 N–H and O–H groups in total. The van der Waals surface area contributed by atoms with Gasteiger partial charge >= 0.3 is 0 Å². The van der Waals surface area contributed by atoms with Crippen molar-refractivity contribution < 1.29 is 9.59 Å². The Labute approximate surface area is 110 Å². The number of nitrogens with one attached hydrogen (secondary N) is 1. The zero-order valence-electron chi connectivity index (χ0n) is 11.9. The Bertz CT molecular complexity index is 286. The molecule has 0 aromatic heterocycles. The molecule has 2 amide bonds. The number of nitrogens with zero attached hydrogens (tertiary/aromatic N) is 1. The van der Waals surface area contributed by atoms with Crippen LogP contribution in [0.1, 0.15) is 52.9 Å². The molecule has 1 atom stereocenters. The van der Waals surface area contributed by atoms with E-state index in [-0.39, 0.29) is 23.8 Å². The lowest BCUT2D eigenvalue weighted by molar-refractivity contribution is -0.146. The fourth-order valence-corrected chi connectivity index (χ4v) is 2.71. The molecule has 1 heterocycles. The first-order valence-corrected chi connectivity index (χ1v) is 7.23. The first-order chi connectivity index (χ1) is 8.65. The van der Waals surface area contributed by atoms with Crippen LogP contribution in [0.4, 0.5) is 0 Å². The maximum absolute atomic E-state index is 12.5. The summed E-state index contributed by atoms with van der Waals surface area (Å²) in [5.74, 6) is 0.282. The van der Waals surface area contributed by atoms with Gasteiger partial charge in [0.15, 0.2) is 0 Å². The third-order valence-corrected chi connectivity index (χ3v) is 3.62. The topological polar surface area (TPSA) is 49.4 Å². The lowest BCUT2D eigenvalue weighted by Gasteiger charge is -2.36. The Kier molecular flexibility index (Phi) is 6.16. The minimum absolute atomic E-state index is 0.00356. The van der Waals surface area contributed by atoms with Crippen molar-refractivity contribution in [1.29, 1.82) is 0 Å². The second kappa shape index (κ2) is 7.39. The smallest absolute Gasteiger partial charge is 0.242 e. The monoisotopic (exact) mass is 254 g/mol. The van der Waals surface area contributed by atoms with Gasteiger partial charge in [0.2, 0.25) is 11.8 Å². The van der Waals surface area contributed by atoms with Gasteiger partial charge in [0.1, 0.15) is 6.04 Å². The molecule has 4 heteroatoms. The van der Waals surface area contributed by atoms with Crippen molar-refractivity contribution in [2.24, 2.45) is 5.92 Å². The summed E-state index contributed by atoms with van der Waals surface area (Å²) < 4.78 is 0. The van der Waals surface area contributed by atoms with Crippen molar-refractivity contribution >= 4 is 11.8 Å². The zero-order chi connectivity index (χ0) is 13.5. The minimum atomic E-state index is -0.262. The van der Waals surface area contributed by atoms with Crippen LogP contribution >= 0.6 is 0 Å². The van der Waals surface area contributed by atoms with Crippen LogP contribution in [0, 0.1) is 5.92 Å². The van der Waals surface area contributed by atoms with Crippen molar-refractivity contribution in [2.75, 3.05) is 13.1 Å². The molecular formula is C14H26N2O2. The summed E-state index contributed by atoms with van der Waals surface area (Å²) >= 11 is 0. The van der Waals surface area contributed by atoms with E-state index in [1.807, 2.05) is 6.92 Å². The largest absolute Gasteiger partial charge is 0.353 e. The molecule has 1 aliphatic heterocycles. The Balaban J connectivity index is 2.74. The minimum Gasteiger partial charge on any atom is -0.353 e. The number of hydrogen-bond acceptors (Lipinski definition) is 2. The highest BCUT2D eigenvalue weighted by Gasteiger charge is 2.34. The van der Waals surface area contributed by atoms with E-state index in [0.29, 0.717) is 19.5 Å². The normalized spacial score (nSPS) is 20.1. The van der Waals surface area contributed by atoms with Crippen LogP contribution in [0.2, 0.25) is 0 Å². The standard InChI is InChI=1S/C14H26N2O2/c1-4-7-11(8-5-2)14(18)16-10-9-15-13(17)12(16)6-3/h11-12H,4-10H2,1-3H3,(H,15,17). The van der Waals surface area contributed by atoms with E-state index in [0.717, 1.165) is 25.7 Å². The van der Waals surface area contributed by atoms with E-state index in [1.54, 1.807) is 4.90 Å². The molecule has 1 aliphatic rings. The van der Waals surface area contributed by atoms with Crippen LogP contribution < -0.4 is 5.32 Å². The molecule has 0 aromatic rings. The third kappa shape index (κ3) is 3.47. The average molecular weight is 254 g/mol. The Morgan fingerprint density at radius 1 is 1.33 bits per heavy atom. The molecule has 1 fully saturated rings. The van der Waals surface area contributed by atoms with Gasteiger partial charge in [0.05, 0.1) is 0 Å². The number of amides is 2. The van der Waals surface area contributed by atoms with Crippen molar-refractivity contribution in [3.8, 4) is 0 Å². The molecule has 0 aliphatic carbocycles. The van der Waals surface area contributed by atoms with Crippen LogP contribution in [0.5, 0.6) is 0 Å². The molecule has 1 saturated heterocycles. The van der Waals surface area contributed by atoms with Gasteiger partial charge in [-0.1, -0.05) is 33.6 Å². The lowest BCUT2D eigenvalue weighted by atomic mass is 9.95. The highest BCUT2D eigenvalue weighted by Crippen LogP contribution is 2.20. The lowest BCUT2D eigenvalue weighted by Crippen LogP contribution is -2.58. The van der Waals surface area contributed by atoms with Crippen molar-refractivity contribution in [3.63, 3.8) is 0 Å². The SMILES string of the molecule is CCCC(CCC)C(=O)N1CCNC(=O)C1CC. The molecule has 0 saturated carbocycles. The van der Waals surface area contributed by atoms with Gasteiger partial charge in [-0.25, -0.2) is 0 Å². The van der Waals surface area contributed by atoms with E-state index >= 15 is 0 Å². The van der Waals surface area contributed by atoms with Crippen LogP contribution in [0.15, 0.2) is 0 Å². The molecule has 0 spiro atoms. The van der Waals surface area contributed by atoms with Crippen molar-refractivity contribution in [1.82, 2.24) is 10.2 Å². The number of carbonyl (C=O) groups excluding carboxylic acids is 2. The Morgan fingerprint density at radius 3 is 2.44 bits per heavy atom. The van der Waals surface area contributed by atoms with Gasteiger partial charge < -0.3 is 10.2 Å². The van der Waals surface area contributed by atoms with Gasteiger partial charge in [0.25, 0.3) is 0 Å². The molecule has 0 aromatic carbocycles. The molecule has 1 rings (SSSR count). The first-order valence-electron chi connectivity index (χ1n) is 7.23. The Hall–Kier alpha value is -1.06. The molecule has 1 unspecified atom stereocenters. The number of carbonyl (C=O) groups is 2. The van der Waals surface area contributed by atoms with Crippen molar-refractivity contribution in [3.05, 3.63) is 0 Å². The van der Waals surface area contributed by atoms with Crippen LogP contribution in [-0.2, 0) is 9.59 Å². The second-order valence-corrected chi connectivity index (χ2v) is 5.02. The number of hydrogen-bond donors (Lipinski definition) is 1. The summed E-state index contributed by atoms with van der Waals surface area (Å²) in [5, 5.41) is 2.84. The number of rotatable bonds is 6. The molecule has 18 heavy (non-hydrogen) atoms. The summed E-state index contributed by atoms with van der Waals surface area (Å²) in [6.45, 7) is 7.43. The summed E-state index contributed by atoms with van der Waals surface area (Å²) in [7, 11) is 0. The van der Waals surface area contributed by atoms with E-state index in [9.17, 15) is 9.59 Å². The summed E-state index contributed by atoms with van der Waals surface area (Å²) in [6.07, 6.45) is 4.60. The molecule has 104 valence electrons. The maximum Gasteiger partial charge on any atom is 0.242 e. The first kappa shape index (κ1) is 15.0. The predicted molar refractivity (Wildman–Crippen MR) is 72.1 cm³/mol. The Morgan fingerprint density at radius 2 is 1.94 bits per heavy atom. The van der Waals surface area contributed by atoms with Gasteiger partial charge in [-0.15, -0.1) is 0 Å². The van der Waals surface area contributed by atoms with Gasteiger partial charge in [-0.2, -0.15) is 0 Å². The van der Waals surface area contributed by atoms with Crippen LogP contribution in [0.25, 0.3) is 0 Å². The van der Waals surface area contributed by atoms with E-state index in [4.69, 9.17) is 0 Å². The fraction of sp³-hybridized carbons (Fsp3) is 0.857. The predicted octanol–water partition coefficient (Wildman–Crippen LogP) is 1.94. The highest BCUT2D eigenvalue weighted by molar-refractivity contribution is 5.89. The van der Waals surface area contributed by atoms with Gasteiger partial charge in [-0.05, 0) is 19.3 Å². The van der Waals surface area contributed by atoms with Crippen LogP contribution in [-0.4, -0.2) is 35.8 Å². The second-order valence-electron chi connectivity index (χ2n) is 5.02. The zero-order valence-corrected chi connectivity index (χ0v) is 11.9. The maximum atomic E-state index is 12.5. The molecular weight excluding hydrogens is 228 g/mol. The van der Waals surface area contributed by atoms with Crippen molar-refractivity contribution in [2.45, 2.75) is 58.9 Å². The fourth-order valence-electron chi connectivity index (χ4n) is 2.71. The van der Waals surface area contributed by atoms with Gasteiger partial charge in [0, 0.05) is 19.0 Å². The molecule has 0 radical (unpaired) electrons. The molecule has 4 nitrogen and oxygen atoms in total. The molecule has 0 bridgehead atoms.